The first kappa shape index (κ1) is 15.8. The zero-order valence-corrected chi connectivity index (χ0v) is 13.6. The van der Waals surface area contributed by atoms with Gasteiger partial charge in [0.05, 0.1) is 10.6 Å². The molecule has 2 aromatic carbocycles. The quantitative estimate of drug-likeness (QED) is 0.736. The van der Waals surface area contributed by atoms with Gasteiger partial charge in [-0.1, -0.05) is 48.0 Å². The highest BCUT2D eigenvalue weighted by atomic mass is 35.5. The van der Waals surface area contributed by atoms with Gasteiger partial charge in [-0.2, -0.15) is 5.26 Å². The third kappa shape index (κ3) is 3.00. The predicted molar refractivity (Wildman–Crippen MR) is 93.0 cm³/mol. The molecule has 24 heavy (non-hydrogen) atoms. The van der Waals surface area contributed by atoms with E-state index in [2.05, 4.69) is 16.3 Å². The molecule has 0 saturated heterocycles. The molecule has 0 unspecified atom stereocenters. The van der Waals surface area contributed by atoms with Crippen molar-refractivity contribution < 1.29 is 5.11 Å². The molecule has 0 aliphatic carbocycles. The summed E-state index contributed by atoms with van der Waals surface area (Å²) in [6.07, 6.45) is 1.66. The van der Waals surface area contributed by atoms with E-state index in [1.54, 1.807) is 22.8 Å². The number of halogens is 1. The van der Waals surface area contributed by atoms with Gasteiger partial charge in [-0.05, 0) is 23.8 Å². The van der Waals surface area contributed by atoms with Crippen LogP contribution < -0.4 is 0 Å². The Hall–Kier alpha value is -3.10. The molecular weight excluding hydrogens is 324 g/mol. The minimum atomic E-state index is -0.00246. The molecule has 1 aromatic heterocycles. The maximum absolute atomic E-state index is 9.49. The van der Waals surface area contributed by atoms with Crippen molar-refractivity contribution in [2.75, 3.05) is 0 Å². The van der Waals surface area contributed by atoms with E-state index < -0.39 is 0 Å². The molecule has 0 aliphatic heterocycles. The summed E-state index contributed by atoms with van der Waals surface area (Å²) in [5.41, 5.74) is 1.97. The summed E-state index contributed by atoms with van der Waals surface area (Å²) in [6, 6.07) is 16.5. The minimum absolute atomic E-state index is 0.00246. The van der Waals surface area contributed by atoms with Crippen LogP contribution in [0.5, 0.6) is 5.75 Å². The van der Waals surface area contributed by atoms with E-state index in [0.717, 1.165) is 5.56 Å². The highest BCUT2D eigenvalue weighted by molar-refractivity contribution is 6.32. The summed E-state index contributed by atoms with van der Waals surface area (Å²) in [7, 11) is 1.81. The Morgan fingerprint density at radius 2 is 1.96 bits per heavy atom. The van der Waals surface area contributed by atoms with Crippen LogP contribution in [0, 0.1) is 11.3 Å². The molecule has 0 atom stereocenters. The summed E-state index contributed by atoms with van der Waals surface area (Å²) in [5.74, 6) is 1.13. The third-order valence-electron chi connectivity index (χ3n) is 3.55. The van der Waals surface area contributed by atoms with E-state index in [1.807, 2.05) is 37.4 Å². The molecule has 3 rings (SSSR count). The van der Waals surface area contributed by atoms with Crippen LogP contribution in [0.1, 0.15) is 11.4 Å². The number of aromatic hydroxyl groups is 1. The maximum Gasteiger partial charge on any atom is 0.174 e. The van der Waals surface area contributed by atoms with Crippen LogP contribution in [0.2, 0.25) is 5.02 Å². The van der Waals surface area contributed by atoms with Crippen molar-refractivity contribution in [2.45, 2.75) is 0 Å². The van der Waals surface area contributed by atoms with Crippen molar-refractivity contribution in [1.29, 1.82) is 5.26 Å². The van der Waals surface area contributed by atoms with Gasteiger partial charge in [-0.25, -0.2) is 0 Å². The average molecular weight is 337 g/mol. The molecule has 0 spiro atoms. The largest absolute Gasteiger partial charge is 0.506 e. The van der Waals surface area contributed by atoms with E-state index >= 15 is 0 Å². The molecular formula is C18H13ClN4O. The zero-order valence-electron chi connectivity index (χ0n) is 12.8. The lowest BCUT2D eigenvalue weighted by Gasteiger charge is -2.04. The van der Waals surface area contributed by atoms with E-state index in [-0.39, 0.29) is 10.8 Å². The van der Waals surface area contributed by atoms with Crippen LogP contribution in [0.3, 0.4) is 0 Å². The molecule has 0 fully saturated rings. The standard InChI is InChI=1S/C18H13ClN4O/c1-23-17(13-5-3-2-4-6-13)21-22-18(23)14(11-20)9-12-7-8-16(24)15(19)10-12/h2-10,24H,1H3/b14-9-. The first-order chi connectivity index (χ1) is 11.6. The van der Waals surface area contributed by atoms with Gasteiger partial charge in [0.25, 0.3) is 0 Å². The summed E-state index contributed by atoms with van der Waals surface area (Å²) in [5, 5.41) is 27.5. The first-order valence-corrected chi connectivity index (χ1v) is 7.53. The molecule has 6 heteroatoms. The van der Waals surface area contributed by atoms with Gasteiger partial charge < -0.3 is 9.67 Å². The van der Waals surface area contributed by atoms with Crippen LogP contribution >= 0.6 is 11.6 Å². The molecule has 0 radical (unpaired) electrons. The fourth-order valence-corrected chi connectivity index (χ4v) is 2.52. The Morgan fingerprint density at radius 1 is 1.21 bits per heavy atom. The number of aromatic nitrogens is 3. The Bertz CT molecular complexity index is 955. The number of rotatable bonds is 3. The van der Waals surface area contributed by atoms with Gasteiger partial charge in [0.2, 0.25) is 0 Å². The monoisotopic (exact) mass is 336 g/mol. The number of allylic oxidation sites excluding steroid dienone is 1. The van der Waals surface area contributed by atoms with E-state index in [1.165, 1.54) is 6.07 Å². The van der Waals surface area contributed by atoms with Crippen molar-refractivity contribution in [3.8, 4) is 23.2 Å². The topological polar surface area (TPSA) is 74.7 Å². The number of nitriles is 1. The van der Waals surface area contributed by atoms with Gasteiger partial charge in [0, 0.05) is 12.6 Å². The fourth-order valence-electron chi connectivity index (χ4n) is 2.33. The second-order valence-electron chi connectivity index (χ2n) is 5.15. The molecule has 5 nitrogen and oxygen atoms in total. The Labute approximate surface area is 144 Å². The van der Waals surface area contributed by atoms with Gasteiger partial charge in [-0.15, -0.1) is 10.2 Å². The van der Waals surface area contributed by atoms with Crippen molar-refractivity contribution >= 4 is 23.3 Å². The van der Waals surface area contributed by atoms with Gasteiger partial charge in [0.1, 0.15) is 11.8 Å². The van der Waals surface area contributed by atoms with Crippen LogP contribution in [0.4, 0.5) is 0 Å². The molecule has 0 aliphatic rings. The molecule has 0 saturated carbocycles. The molecule has 0 amide bonds. The van der Waals surface area contributed by atoms with Gasteiger partial charge >= 0.3 is 0 Å². The maximum atomic E-state index is 9.49. The average Bonchev–Trinajstić information content (AvgIpc) is 2.98. The number of nitrogens with zero attached hydrogens (tertiary/aromatic N) is 4. The number of hydrogen-bond acceptors (Lipinski definition) is 4. The van der Waals surface area contributed by atoms with Crippen molar-refractivity contribution in [2.24, 2.45) is 7.05 Å². The summed E-state index contributed by atoms with van der Waals surface area (Å²) in [4.78, 5) is 0. The number of hydrogen-bond donors (Lipinski definition) is 1. The number of phenols is 1. The normalized spacial score (nSPS) is 11.3. The Kier molecular flexibility index (Phi) is 4.32. The second-order valence-corrected chi connectivity index (χ2v) is 5.56. The van der Waals surface area contributed by atoms with E-state index in [0.29, 0.717) is 22.8 Å². The lowest BCUT2D eigenvalue weighted by molar-refractivity contribution is 0.475. The van der Waals surface area contributed by atoms with E-state index in [9.17, 15) is 10.4 Å². The predicted octanol–water partition coefficient (Wildman–Crippen LogP) is 3.91. The fraction of sp³-hybridized carbons (Fsp3) is 0.0556. The van der Waals surface area contributed by atoms with Gasteiger partial charge in [0.15, 0.2) is 11.6 Å². The summed E-state index contributed by atoms with van der Waals surface area (Å²) >= 11 is 5.91. The lowest BCUT2D eigenvalue weighted by Crippen LogP contribution is -1.98. The van der Waals surface area contributed by atoms with Crippen LogP contribution in [-0.4, -0.2) is 19.9 Å². The Balaban J connectivity index is 2.03. The Morgan fingerprint density at radius 3 is 2.62 bits per heavy atom. The third-order valence-corrected chi connectivity index (χ3v) is 3.85. The van der Waals surface area contributed by atoms with Crippen LogP contribution in [0.25, 0.3) is 23.0 Å². The van der Waals surface area contributed by atoms with Crippen LogP contribution in [-0.2, 0) is 7.05 Å². The van der Waals surface area contributed by atoms with Crippen LogP contribution in [0.15, 0.2) is 48.5 Å². The van der Waals surface area contributed by atoms with Crippen molar-refractivity contribution in [3.63, 3.8) is 0 Å². The highest BCUT2D eigenvalue weighted by Gasteiger charge is 2.14. The highest BCUT2D eigenvalue weighted by Crippen LogP contribution is 2.26. The van der Waals surface area contributed by atoms with Crippen molar-refractivity contribution in [1.82, 2.24) is 14.8 Å². The number of benzene rings is 2. The zero-order chi connectivity index (χ0) is 17.1. The van der Waals surface area contributed by atoms with Crippen molar-refractivity contribution in [3.05, 3.63) is 64.9 Å². The molecule has 1 N–H and O–H groups in total. The SMILES string of the molecule is Cn1c(/C(C#N)=C\c2ccc(O)c(Cl)c2)nnc1-c1ccccc1. The molecule has 118 valence electrons. The summed E-state index contributed by atoms with van der Waals surface area (Å²) in [6.45, 7) is 0. The second kappa shape index (κ2) is 6.57. The van der Waals surface area contributed by atoms with Gasteiger partial charge in [-0.3, -0.25) is 0 Å². The van der Waals surface area contributed by atoms with E-state index in [4.69, 9.17) is 11.6 Å². The first-order valence-electron chi connectivity index (χ1n) is 7.15. The smallest absolute Gasteiger partial charge is 0.174 e. The minimum Gasteiger partial charge on any atom is -0.506 e. The lowest BCUT2D eigenvalue weighted by atomic mass is 10.1. The summed E-state index contributed by atoms with van der Waals surface area (Å²) < 4.78 is 1.77. The molecule has 0 bridgehead atoms. The molecule has 3 aromatic rings. The number of phenolic OH excluding ortho intramolecular Hbond substituents is 1. The molecule has 1 heterocycles.